The fourth-order valence-corrected chi connectivity index (χ4v) is 3.94. The van der Waals surface area contributed by atoms with Crippen LogP contribution in [-0.4, -0.2) is 48.4 Å². The number of nitrogens with two attached hydrogens (primary N) is 1. The molecule has 1 aromatic rings. The van der Waals surface area contributed by atoms with Crippen molar-refractivity contribution in [3.63, 3.8) is 0 Å². The summed E-state index contributed by atoms with van der Waals surface area (Å²) < 4.78 is 26.5. The Morgan fingerprint density at radius 3 is 3.00 bits per heavy atom. The topological polar surface area (TPSA) is 121 Å². The molecular weight excluding hydrogens is 294 g/mol. The number of aromatic amines is 1. The number of amides is 2. The first-order valence-electron chi connectivity index (χ1n) is 7.00. The quantitative estimate of drug-likeness (QED) is 0.710. The minimum absolute atomic E-state index is 0.0783. The normalized spacial score (nSPS) is 20.3. The zero-order valence-electron chi connectivity index (χ0n) is 12.0. The van der Waals surface area contributed by atoms with Crippen molar-refractivity contribution in [2.45, 2.75) is 31.2 Å². The first-order valence-corrected chi connectivity index (χ1v) is 8.44. The molecule has 0 spiro atoms. The van der Waals surface area contributed by atoms with Crippen LogP contribution >= 0.6 is 0 Å². The van der Waals surface area contributed by atoms with E-state index < -0.39 is 16.1 Å². The van der Waals surface area contributed by atoms with E-state index in [2.05, 4.69) is 15.3 Å². The highest BCUT2D eigenvalue weighted by molar-refractivity contribution is 7.89. The Hall–Kier alpha value is -1.61. The van der Waals surface area contributed by atoms with E-state index in [1.807, 2.05) is 6.92 Å². The van der Waals surface area contributed by atoms with Crippen molar-refractivity contribution < 1.29 is 13.2 Å². The molecule has 2 amide bonds. The molecule has 1 aromatic heterocycles. The molecule has 9 heteroatoms. The molecule has 118 valence electrons. The summed E-state index contributed by atoms with van der Waals surface area (Å²) >= 11 is 0. The molecule has 1 unspecified atom stereocenters. The van der Waals surface area contributed by atoms with Crippen molar-refractivity contribution in [3.8, 4) is 0 Å². The summed E-state index contributed by atoms with van der Waals surface area (Å²) in [6.45, 7) is 3.16. The van der Waals surface area contributed by atoms with Crippen LogP contribution in [0.3, 0.4) is 0 Å². The summed E-state index contributed by atoms with van der Waals surface area (Å²) in [7, 11) is -3.55. The molecule has 0 bridgehead atoms. The predicted octanol–water partition coefficient (Wildman–Crippen LogP) is 0.0411. The van der Waals surface area contributed by atoms with Crippen molar-refractivity contribution >= 4 is 16.1 Å². The van der Waals surface area contributed by atoms with E-state index >= 15 is 0 Å². The number of aromatic nitrogens is 2. The number of piperidine rings is 1. The van der Waals surface area contributed by atoms with Crippen molar-refractivity contribution in [2.75, 3.05) is 19.6 Å². The average molecular weight is 315 g/mol. The van der Waals surface area contributed by atoms with E-state index in [-0.39, 0.29) is 10.9 Å². The number of hydrogen-bond donors (Lipinski definition) is 3. The summed E-state index contributed by atoms with van der Waals surface area (Å²) in [5.41, 5.74) is 5.04. The molecule has 1 fully saturated rings. The predicted molar refractivity (Wildman–Crippen MR) is 77.0 cm³/mol. The van der Waals surface area contributed by atoms with Crippen LogP contribution in [0.2, 0.25) is 0 Å². The number of primary amides is 1. The van der Waals surface area contributed by atoms with E-state index in [0.717, 1.165) is 12.8 Å². The number of rotatable bonds is 5. The Balaban J connectivity index is 2.07. The van der Waals surface area contributed by atoms with E-state index in [9.17, 15) is 13.2 Å². The van der Waals surface area contributed by atoms with Gasteiger partial charge < -0.3 is 16.0 Å². The Bertz CT molecular complexity index is 598. The molecule has 1 atom stereocenters. The number of carbonyl (C=O) groups is 1. The van der Waals surface area contributed by atoms with E-state index in [1.165, 1.54) is 10.5 Å². The third-order valence-corrected chi connectivity index (χ3v) is 5.38. The first kappa shape index (κ1) is 15.8. The number of nitrogens with one attached hydrogen (secondary N) is 2. The van der Waals surface area contributed by atoms with Crippen molar-refractivity contribution in [1.29, 1.82) is 0 Å². The van der Waals surface area contributed by atoms with Crippen molar-refractivity contribution in [2.24, 2.45) is 11.7 Å². The lowest BCUT2D eigenvalue weighted by atomic mass is 10.00. The summed E-state index contributed by atoms with van der Waals surface area (Å²) in [5.74, 6) is 0.729. The lowest BCUT2D eigenvalue weighted by molar-refractivity contribution is 0.236. The van der Waals surface area contributed by atoms with Crippen LogP contribution in [0.25, 0.3) is 0 Å². The number of imidazole rings is 1. The van der Waals surface area contributed by atoms with Gasteiger partial charge in [-0.3, -0.25) is 0 Å². The maximum Gasteiger partial charge on any atom is 0.312 e. The van der Waals surface area contributed by atoms with Gasteiger partial charge in [0.15, 0.2) is 5.03 Å². The maximum atomic E-state index is 12.5. The van der Waals surface area contributed by atoms with Gasteiger partial charge in [-0.2, -0.15) is 4.31 Å². The van der Waals surface area contributed by atoms with Crippen LogP contribution < -0.4 is 11.1 Å². The molecule has 21 heavy (non-hydrogen) atoms. The number of nitrogens with zero attached hydrogens (tertiary/aromatic N) is 2. The van der Waals surface area contributed by atoms with Gasteiger partial charge in [0, 0.05) is 26.1 Å². The molecular formula is C12H21N5O3S. The molecule has 1 saturated heterocycles. The summed E-state index contributed by atoms with van der Waals surface area (Å²) in [4.78, 5) is 17.6. The number of hydrogen-bond acceptors (Lipinski definition) is 4. The van der Waals surface area contributed by atoms with Gasteiger partial charge in [-0.05, 0) is 18.8 Å². The van der Waals surface area contributed by atoms with Gasteiger partial charge in [0.05, 0.1) is 6.20 Å². The SMILES string of the molecule is CCc1ncc(S(=O)(=O)N2CCCC(CNC(N)=O)C2)[nH]1. The van der Waals surface area contributed by atoms with Crippen molar-refractivity contribution in [1.82, 2.24) is 19.6 Å². The van der Waals surface area contributed by atoms with E-state index in [4.69, 9.17) is 5.73 Å². The molecule has 0 aliphatic carbocycles. The highest BCUT2D eigenvalue weighted by Gasteiger charge is 2.31. The standard InChI is InChI=1S/C12H21N5O3S/c1-2-10-14-7-11(16-10)21(19,20)17-5-3-4-9(8-17)6-15-12(13)18/h7,9H,2-6,8H2,1H3,(H,14,16)(H3,13,15,18). The molecule has 0 radical (unpaired) electrons. The third-order valence-electron chi connectivity index (χ3n) is 3.60. The minimum atomic E-state index is -3.55. The Morgan fingerprint density at radius 1 is 1.62 bits per heavy atom. The molecule has 1 aliphatic heterocycles. The van der Waals surface area contributed by atoms with Crippen molar-refractivity contribution in [3.05, 3.63) is 12.0 Å². The van der Waals surface area contributed by atoms with Crippen LogP contribution in [-0.2, 0) is 16.4 Å². The molecule has 1 aliphatic rings. The van der Waals surface area contributed by atoms with Crippen LogP contribution in [0.5, 0.6) is 0 Å². The zero-order valence-corrected chi connectivity index (χ0v) is 12.8. The van der Waals surface area contributed by atoms with Gasteiger partial charge in [0.2, 0.25) is 0 Å². The molecule has 4 N–H and O–H groups in total. The Labute approximate surface area is 124 Å². The monoisotopic (exact) mass is 315 g/mol. The smallest absolute Gasteiger partial charge is 0.312 e. The largest absolute Gasteiger partial charge is 0.352 e. The van der Waals surface area contributed by atoms with Gasteiger partial charge in [0.25, 0.3) is 10.0 Å². The minimum Gasteiger partial charge on any atom is -0.352 e. The highest BCUT2D eigenvalue weighted by atomic mass is 32.2. The van der Waals surface area contributed by atoms with Gasteiger partial charge in [-0.25, -0.2) is 18.2 Å². The number of sulfonamides is 1. The maximum absolute atomic E-state index is 12.5. The number of aryl methyl sites for hydroxylation is 1. The van der Waals surface area contributed by atoms with E-state index in [1.54, 1.807) is 0 Å². The second-order valence-electron chi connectivity index (χ2n) is 5.16. The summed E-state index contributed by atoms with van der Waals surface area (Å²) in [6, 6.07) is -0.587. The van der Waals surface area contributed by atoms with Crippen LogP contribution in [0, 0.1) is 5.92 Å². The summed E-state index contributed by atoms with van der Waals surface area (Å²) in [5, 5.41) is 2.67. The lowest BCUT2D eigenvalue weighted by Gasteiger charge is -2.31. The lowest BCUT2D eigenvalue weighted by Crippen LogP contribution is -2.44. The average Bonchev–Trinajstić information content (AvgIpc) is 2.95. The fraction of sp³-hybridized carbons (Fsp3) is 0.667. The molecule has 2 heterocycles. The van der Waals surface area contributed by atoms with Gasteiger partial charge in [0.1, 0.15) is 5.82 Å². The third kappa shape index (κ3) is 3.73. The highest BCUT2D eigenvalue weighted by Crippen LogP contribution is 2.22. The molecule has 8 nitrogen and oxygen atoms in total. The number of carbonyl (C=O) groups excluding carboxylic acids is 1. The number of H-pyrrole nitrogens is 1. The zero-order chi connectivity index (χ0) is 15.5. The van der Waals surface area contributed by atoms with Gasteiger partial charge in [-0.1, -0.05) is 6.92 Å². The second-order valence-corrected chi connectivity index (χ2v) is 7.07. The Morgan fingerprint density at radius 2 is 2.38 bits per heavy atom. The molecule has 0 saturated carbocycles. The van der Waals surface area contributed by atoms with Gasteiger partial charge in [-0.15, -0.1) is 0 Å². The number of urea groups is 1. The van der Waals surface area contributed by atoms with Crippen LogP contribution in [0.15, 0.2) is 11.2 Å². The second kappa shape index (κ2) is 6.44. The fourth-order valence-electron chi connectivity index (χ4n) is 2.45. The molecule has 2 rings (SSSR count). The van der Waals surface area contributed by atoms with Crippen LogP contribution in [0.4, 0.5) is 4.79 Å². The van der Waals surface area contributed by atoms with E-state index in [0.29, 0.717) is 31.9 Å². The van der Waals surface area contributed by atoms with Gasteiger partial charge >= 0.3 is 6.03 Å². The molecule has 0 aromatic carbocycles. The Kier molecular flexibility index (Phi) is 4.84. The first-order chi connectivity index (χ1) is 9.93. The summed E-state index contributed by atoms with van der Waals surface area (Å²) in [6.07, 6.45) is 3.65. The van der Waals surface area contributed by atoms with Crippen LogP contribution in [0.1, 0.15) is 25.6 Å².